The minimum atomic E-state index is -0.486. The summed E-state index contributed by atoms with van der Waals surface area (Å²) in [4.78, 5) is 15.2. The molecular formula is C22H26BrN3O3. The van der Waals surface area contributed by atoms with Crippen molar-refractivity contribution in [1.82, 2.24) is 4.90 Å². The highest BCUT2D eigenvalue weighted by molar-refractivity contribution is 9.10. The van der Waals surface area contributed by atoms with Crippen molar-refractivity contribution in [3.8, 4) is 11.8 Å². The molecule has 1 heterocycles. The van der Waals surface area contributed by atoms with Crippen LogP contribution < -0.4 is 10.5 Å². The lowest BCUT2D eigenvalue weighted by molar-refractivity contribution is -0.118. The van der Waals surface area contributed by atoms with Crippen LogP contribution in [0.2, 0.25) is 0 Å². The Morgan fingerprint density at radius 1 is 1.34 bits per heavy atom. The van der Waals surface area contributed by atoms with Crippen molar-refractivity contribution in [3.63, 3.8) is 0 Å². The number of ketones is 1. The lowest BCUT2D eigenvalue weighted by Gasteiger charge is -2.43. The van der Waals surface area contributed by atoms with Gasteiger partial charge in [-0.1, -0.05) is 19.9 Å². The van der Waals surface area contributed by atoms with Gasteiger partial charge in [-0.05, 0) is 45.5 Å². The lowest BCUT2D eigenvalue weighted by Crippen LogP contribution is -2.43. The van der Waals surface area contributed by atoms with Gasteiger partial charge in [0, 0.05) is 31.3 Å². The van der Waals surface area contributed by atoms with E-state index >= 15 is 0 Å². The third kappa shape index (κ3) is 3.92. The number of carbonyl (C=O) groups excluding carboxylic acids is 1. The highest BCUT2D eigenvalue weighted by Crippen LogP contribution is 2.49. The van der Waals surface area contributed by atoms with Gasteiger partial charge in [0.25, 0.3) is 0 Å². The molecule has 0 spiro atoms. The Morgan fingerprint density at radius 3 is 2.66 bits per heavy atom. The number of nitrogens with two attached hydrogens (primary N) is 1. The second kappa shape index (κ2) is 8.21. The SMILES string of the molecule is COCCN1C(N)=C(C#N)[C@H](c2ccc(OC)c(Br)c2)C2=C1CC(C)(C)CC2=O. The van der Waals surface area contributed by atoms with Crippen LogP contribution in [-0.4, -0.2) is 38.1 Å². The molecule has 0 fully saturated rings. The van der Waals surface area contributed by atoms with Crippen LogP contribution in [0.15, 0.2) is 45.3 Å². The number of allylic oxidation sites excluding steroid dienone is 3. The van der Waals surface area contributed by atoms with E-state index in [1.165, 1.54) is 0 Å². The number of hydrogen-bond acceptors (Lipinski definition) is 6. The van der Waals surface area contributed by atoms with Crippen molar-refractivity contribution in [3.05, 3.63) is 50.9 Å². The Bertz CT molecular complexity index is 943. The molecule has 0 saturated heterocycles. The zero-order chi connectivity index (χ0) is 21.3. The van der Waals surface area contributed by atoms with Crippen molar-refractivity contribution >= 4 is 21.7 Å². The summed E-state index contributed by atoms with van der Waals surface area (Å²) in [5, 5.41) is 9.97. The number of nitriles is 1. The fourth-order valence-electron chi connectivity index (χ4n) is 4.21. The van der Waals surface area contributed by atoms with Crippen molar-refractivity contribution in [2.75, 3.05) is 27.4 Å². The van der Waals surface area contributed by atoms with Gasteiger partial charge in [0.15, 0.2) is 5.78 Å². The molecule has 29 heavy (non-hydrogen) atoms. The summed E-state index contributed by atoms with van der Waals surface area (Å²) in [5.41, 5.74) is 9.11. The van der Waals surface area contributed by atoms with E-state index in [1.807, 2.05) is 23.1 Å². The van der Waals surface area contributed by atoms with E-state index in [4.69, 9.17) is 15.2 Å². The van der Waals surface area contributed by atoms with E-state index in [0.717, 1.165) is 15.7 Å². The molecule has 1 aliphatic carbocycles. The van der Waals surface area contributed by atoms with E-state index in [2.05, 4.69) is 35.8 Å². The van der Waals surface area contributed by atoms with Crippen molar-refractivity contribution in [1.29, 1.82) is 5.26 Å². The topological polar surface area (TPSA) is 88.6 Å². The first-order valence-corrected chi connectivity index (χ1v) is 10.3. The molecule has 0 saturated carbocycles. The Kier molecular flexibility index (Phi) is 6.06. The summed E-state index contributed by atoms with van der Waals surface area (Å²) in [6, 6.07) is 7.89. The summed E-state index contributed by atoms with van der Waals surface area (Å²) in [5.74, 6) is 0.660. The average molecular weight is 460 g/mol. The zero-order valence-corrected chi connectivity index (χ0v) is 18.8. The molecule has 0 aromatic heterocycles. The molecule has 2 aliphatic rings. The Balaban J connectivity index is 2.22. The highest BCUT2D eigenvalue weighted by Gasteiger charge is 2.44. The minimum Gasteiger partial charge on any atom is -0.496 e. The van der Waals surface area contributed by atoms with E-state index in [1.54, 1.807) is 14.2 Å². The van der Waals surface area contributed by atoms with Crippen LogP contribution in [0.25, 0.3) is 0 Å². The summed E-state index contributed by atoms with van der Waals surface area (Å²) in [7, 11) is 3.22. The second-order valence-corrected chi connectivity index (χ2v) is 9.04. The number of methoxy groups -OCH3 is 2. The summed E-state index contributed by atoms with van der Waals surface area (Å²) in [6.07, 6.45) is 1.15. The summed E-state index contributed by atoms with van der Waals surface area (Å²) < 4.78 is 11.3. The fraction of sp³-hybridized carbons (Fsp3) is 0.455. The number of hydrogen-bond donors (Lipinski definition) is 1. The smallest absolute Gasteiger partial charge is 0.162 e. The van der Waals surface area contributed by atoms with E-state index < -0.39 is 5.92 Å². The third-order valence-corrected chi connectivity index (χ3v) is 6.13. The minimum absolute atomic E-state index is 0.0656. The molecule has 6 nitrogen and oxygen atoms in total. The van der Waals surface area contributed by atoms with Crippen LogP contribution in [-0.2, 0) is 9.53 Å². The van der Waals surface area contributed by atoms with Crippen LogP contribution in [0, 0.1) is 16.7 Å². The number of benzene rings is 1. The van der Waals surface area contributed by atoms with Gasteiger partial charge in [0.05, 0.1) is 35.7 Å². The van der Waals surface area contributed by atoms with Gasteiger partial charge < -0.3 is 20.1 Å². The van der Waals surface area contributed by atoms with Crippen molar-refractivity contribution < 1.29 is 14.3 Å². The highest BCUT2D eigenvalue weighted by atomic mass is 79.9. The zero-order valence-electron chi connectivity index (χ0n) is 17.2. The predicted molar refractivity (Wildman–Crippen MR) is 114 cm³/mol. The normalized spacial score (nSPS) is 21.2. The van der Waals surface area contributed by atoms with Crippen LogP contribution in [0.1, 0.15) is 38.2 Å². The molecule has 7 heteroatoms. The largest absolute Gasteiger partial charge is 0.496 e. The van der Waals surface area contributed by atoms with Gasteiger partial charge in [-0.25, -0.2) is 0 Å². The molecule has 3 rings (SSSR count). The molecule has 1 atom stereocenters. The molecule has 0 amide bonds. The quantitative estimate of drug-likeness (QED) is 0.719. The Hall–Kier alpha value is -2.30. The summed E-state index contributed by atoms with van der Waals surface area (Å²) >= 11 is 3.52. The van der Waals surface area contributed by atoms with Crippen molar-refractivity contribution in [2.24, 2.45) is 11.1 Å². The molecule has 1 aromatic carbocycles. The van der Waals surface area contributed by atoms with Crippen LogP contribution in [0.4, 0.5) is 0 Å². The van der Waals surface area contributed by atoms with Gasteiger partial charge in [0.1, 0.15) is 11.6 Å². The van der Waals surface area contributed by atoms with Gasteiger partial charge in [-0.3, -0.25) is 4.79 Å². The van der Waals surface area contributed by atoms with Crippen LogP contribution >= 0.6 is 15.9 Å². The number of rotatable bonds is 5. The van der Waals surface area contributed by atoms with E-state index in [9.17, 15) is 10.1 Å². The fourth-order valence-corrected chi connectivity index (χ4v) is 4.77. The van der Waals surface area contributed by atoms with Crippen molar-refractivity contribution in [2.45, 2.75) is 32.6 Å². The van der Waals surface area contributed by atoms with Gasteiger partial charge in [-0.15, -0.1) is 0 Å². The molecule has 0 unspecified atom stereocenters. The van der Waals surface area contributed by atoms with E-state index in [0.29, 0.717) is 48.7 Å². The summed E-state index contributed by atoms with van der Waals surface area (Å²) in [6.45, 7) is 5.11. The van der Waals surface area contributed by atoms with Gasteiger partial charge >= 0.3 is 0 Å². The number of Topliss-reactive ketones (excluding diaryl/α,β-unsaturated/α-hetero) is 1. The molecular weight excluding hydrogens is 434 g/mol. The number of nitrogens with zero attached hydrogens (tertiary/aromatic N) is 2. The molecule has 1 aliphatic heterocycles. The number of halogens is 1. The maximum absolute atomic E-state index is 13.3. The van der Waals surface area contributed by atoms with Gasteiger partial charge in [0.2, 0.25) is 0 Å². The molecule has 0 radical (unpaired) electrons. The lowest BCUT2D eigenvalue weighted by atomic mass is 9.68. The van der Waals surface area contributed by atoms with E-state index in [-0.39, 0.29) is 11.2 Å². The third-order valence-electron chi connectivity index (χ3n) is 5.51. The Labute approximate surface area is 180 Å². The van der Waals surface area contributed by atoms with Crippen LogP contribution in [0.3, 0.4) is 0 Å². The van der Waals surface area contributed by atoms with Gasteiger partial charge in [-0.2, -0.15) is 5.26 Å². The first kappa shape index (κ1) is 21.4. The second-order valence-electron chi connectivity index (χ2n) is 8.18. The monoisotopic (exact) mass is 459 g/mol. The molecule has 1 aromatic rings. The predicted octanol–water partition coefficient (Wildman–Crippen LogP) is 3.84. The standard InChI is InChI=1S/C22H26BrN3O3/c1-22(2)10-16-20(17(27)11-22)19(13-5-6-18(29-4)15(23)9-13)14(12-24)21(25)26(16)7-8-28-3/h5-6,9,19H,7-8,10-11,25H2,1-4H3/t19-/m0/s1. The Morgan fingerprint density at radius 2 is 2.07 bits per heavy atom. The molecule has 0 bridgehead atoms. The molecule has 154 valence electrons. The first-order valence-electron chi connectivity index (χ1n) is 9.50. The molecule has 2 N–H and O–H groups in total. The number of carbonyl (C=O) groups is 1. The van der Waals surface area contributed by atoms with Crippen LogP contribution in [0.5, 0.6) is 5.75 Å². The maximum Gasteiger partial charge on any atom is 0.162 e. The average Bonchev–Trinajstić information content (AvgIpc) is 2.65. The first-order chi connectivity index (χ1) is 13.7. The maximum atomic E-state index is 13.3. The number of ether oxygens (including phenoxy) is 2.